The molecule has 0 atom stereocenters. The van der Waals surface area contributed by atoms with Crippen LogP contribution in [0.4, 0.5) is 5.69 Å². The van der Waals surface area contributed by atoms with E-state index in [9.17, 15) is 14.9 Å². The molecule has 1 amide bonds. The number of methoxy groups -OCH3 is 1. The maximum atomic E-state index is 12.2. The number of nitro groups is 1. The molecule has 1 aromatic carbocycles. The molecule has 120 valence electrons. The van der Waals surface area contributed by atoms with Crippen molar-refractivity contribution in [2.75, 3.05) is 26.7 Å². The molecule has 0 unspecified atom stereocenters. The van der Waals surface area contributed by atoms with Gasteiger partial charge in [-0.05, 0) is 43.5 Å². The lowest BCUT2D eigenvalue weighted by Crippen LogP contribution is -2.42. The summed E-state index contributed by atoms with van der Waals surface area (Å²) in [6.07, 6.45) is 1.99. The fourth-order valence-corrected chi connectivity index (χ4v) is 2.58. The number of ether oxygens (including phenoxy) is 1. The number of nitrogens with zero attached hydrogens (tertiary/aromatic N) is 1. The van der Waals surface area contributed by atoms with Gasteiger partial charge in [-0.1, -0.05) is 6.92 Å². The monoisotopic (exact) mass is 307 g/mol. The average Bonchev–Trinajstić information content (AvgIpc) is 2.52. The van der Waals surface area contributed by atoms with E-state index in [2.05, 4.69) is 17.6 Å². The summed E-state index contributed by atoms with van der Waals surface area (Å²) in [6.45, 7) is 4.60. The van der Waals surface area contributed by atoms with E-state index in [1.807, 2.05) is 0 Å². The number of hydrogen-bond donors (Lipinski definition) is 2. The highest BCUT2D eigenvalue weighted by Crippen LogP contribution is 2.29. The molecular formula is C15H21N3O4. The molecule has 0 saturated carbocycles. The van der Waals surface area contributed by atoms with E-state index in [4.69, 9.17) is 4.74 Å². The van der Waals surface area contributed by atoms with E-state index in [-0.39, 0.29) is 28.3 Å². The zero-order chi connectivity index (χ0) is 16.2. The van der Waals surface area contributed by atoms with Crippen molar-refractivity contribution in [3.63, 3.8) is 0 Å². The van der Waals surface area contributed by atoms with Gasteiger partial charge in [0.15, 0.2) is 5.75 Å². The van der Waals surface area contributed by atoms with Crippen molar-refractivity contribution >= 4 is 11.6 Å². The SMILES string of the molecule is COc1ccc(C(=O)NCC2(C)CCNCC2)cc1[N+](=O)[O-]. The van der Waals surface area contributed by atoms with Crippen LogP contribution in [0.1, 0.15) is 30.1 Å². The van der Waals surface area contributed by atoms with Gasteiger partial charge in [0.1, 0.15) is 0 Å². The van der Waals surface area contributed by atoms with Crippen LogP contribution in [0.15, 0.2) is 18.2 Å². The maximum Gasteiger partial charge on any atom is 0.311 e. The van der Waals surface area contributed by atoms with E-state index in [0.717, 1.165) is 25.9 Å². The second-order valence-corrected chi connectivity index (χ2v) is 5.89. The van der Waals surface area contributed by atoms with Crippen LogP contribution in [0.25, 0.3) is 0 Å². The highest BCUT2D eigenvalue weighted by atomic mass is 16.6. The topological polar surface area (TPSA) is 93.5 Å². The predicted octanol–water partition coefficient (Wildman–Crippen LogP) is 1.72. The maximum absolute atomic E-state index is 12.2. The van der Waals surface area contributed by atoms with E-state index >= 15 is 0 Å². The summed E-state index contributed by atoms with van der Waals surface area (Å²) in [5.41, 5.74) is 0.132. The first-order valence-electron chi connectivity index (χ1n) is 7.26. The minimum Gasteiger partial charge on any atom is -0.490 e. The van der Waals surface area contributed by atoms with Gasteiger partial charge in [-0.2, -0.15) is 0 Å². The summed E-state index contributed by atoms with van der Waals surface area (Å²) in [5, 5.41) is 17.2. The predicted molar refractivity (Wildman–Crippen MR) is 82.2 cm³/mol. The van der Waals surface area contributed by atoms with Gasteiger partial charge in [-0.3, -0.25) is 14.9 Å². The first-order chi connectivity index (χ1) is 10.4. The van der Waals surface area contributed by atoms with Gasteiger partial charge in [0.25, 0.3) is 5.91 Å². The van der Waals surface area contributed by atoms with Crippen molar-refractivity contribution in [2.45, 2.75) is 19.8 Å². The standard InChI is InChI=1S/C15H21N3O4/c1-15(5-7-16-8-6-15)10-17-14(19)11-3-4-13(22-2)12(9-11)18(20)21/h3-4,9,16H,5-8,10H2,1-2H3,(H,17,19). The molecule has 0 spiro atoms. The Morgan fingerprint density at radius 3 is 2.73 bits per heavy atom. The number of benzene rings is 1. The molecule has 0 aliphatic carbocycles. The molecule has 7 nitrogen and oxygen atoms in total. The number of carbonyl (C=O) groups excluding carboxylic acids is 1. The third kappa shape index (κ3) is 3.73. The molecule has 1 fully saturated rings. The van der Waals surface area contributed by atoms with Crippen molar-refractivity contribution in [3.8, 4) is 5.75 Å². The van der Waals surface area contributed by atoms with Crippen LogP contribution < -0.4 is 15.4 Å². The molecule has 0 aromatic heterocycles. The van der Waals surface area contributed by atoms with Gasteiger partial charge in [-0.15, -0.1) is 0 Å². The van der Waals surface area contributed by atoms with Crippen LogP contribution >= 0.6 is 0 Å². The minimum atomic E-state index is -0.552. The molecule has 2 N–H and O–H groups in total. The fraction of sp³-hybridized carbons (Fsp3) is 0.533. The van der Waals surface area contributed by atoms with Gasteiger partial charge >= 0.3 is 5.69 Å². The Kier molecular flexibility index (Phi) is 4.97. The van der Waals surface area contributed by atoms with Crippen LogP contribution in [-0.4, -0.2) is 37.6 Å². The van der Waals surface area contributed by atoms with Gasteiger partial charge in [0, 0.05) is 18.2 Å². The Balaban J connectivity index is 2.06. The molecular weight excluding hydrogens is 286 g/mol. The van der Waals surface area contributed by atoms with Gasteiger partial charge in [0.2, 0.25) is 0 Å². The number of piperidine rings is 1. The molecule has 2 rings (SSSR count). The van der Waals surface area contributed by atoms with Crippen molar-refractivity contribution in [3.05, 3.63) is 33.9 Å². The van der Waals surface area contributed by atoms with E-state index in [1.165, 1.54) is 25.3 Å². The normalized spacial score (nSPS) is 16.8. The Bertz CT molecular complexity index is 568. The fourth-order valence-electron chi connectivity index (χ4n) is 2.58. The van der Waals surface area contributed by atoms with Crippen LogP contribution in [0.3, 0.4) is 0 Å². The molecule has 22 heavy (non-hydrogen) atoms. The zero-order valence-electron chi connectivity index (χ0n) is 12.8. The van der Waals surface area contributed by atoms with Crippen LogP contribution in [0.5, 0.6) is 5.75 Å². The lowest BCUT2D eigenvalue weighted by atomic mass is 9.81. The Labute approximate surface area is 129 Å². The van der Waals surface area contributed by atoms with Crippen molar-refractivity contribution in [1.29, 1.82) is 0 Å². The van der Waals surface area contributed by atoms with E-state index < -0.39 is 4.92 Å². The molecule has 1 saturated heterocycles. The van der Waals surface area contributed by atoms with Crippen molar-refractivity contribution < 1.29 is 14.5 Å². The number of hydrogen-bond acceptors (Lipinski definition) is 5. The van der Waals surface area contributed by atoms with Crippen LogP contribution in [0.2, 0.25) is 0 Å². The summed E-state index contributed by atoms with van der Waals surface area (Å²) >= 11 is 0. The van der Waals surface area contributed by atoms with Crippen molar-refractivity contribution in [1.82, 2.24) is 10.6 Å². The molecule has 0 radical (unpaired) electrons. The van der Waals surface area contributed by atoms with Gasteiger partial charge < -0.3 is 15.4 Å². The number of amides is 1. The quantitative estimate of drug-likeness (QED) is 0.638. The summed E-state index contributed by atoms with van der Waals surface area (Å²) < 4.78 is 4.93. The minimum absolute atomic E-state index is 0.0688. The largest absolute Gasteiger partial charge is 0.490 e. The third-order valence-electron chi connectivity index (χ3n) is 4.12. The summed E-state index contributed by atoms with van der Waals surface area (Å²) in [6, 6.07) is 4.23. The number of carbonyl (C=O) groups is 1. The molecule has 1 heterocycles. The van der Waals surface area contributed by atoms with Gasteiger partial charge in [-0.25, -0.2) is 0 Å². The molecule has 7 heteroatoms. The van der Waals surface area contributed by atoms with Crippen molar-refractivity contribution in [2.24, 2.45) is 5.41 Å². The Morgan fingerprint density at radius 1 is 1.45 bits per heavy atom. The third-order valence-corrected chi connectivity index (χ3v) is 4.12. The molecule has 1 aromatic rings. The van der Waals surface area contributed by atoms with Gasteiger partial charge in [0.05, 0.1) is 12.0 Å². The lowest BCUT2D eigenvalue weighted by molar-refractivity contribution is -0.385. The lowest BCUT2D eigenvalue weighted by Gasteiger charge is -2.34. The summed E-state index contributed by atoms with van der Waals surface area (Å²) in [4.78, 5) is 22.7. The molecule has 1 aliphatic heterocycles. The smallest absolute Gasteiger partial charge is 0.311 e. The van der Waals surface area contributed by atoms with Crippen LogP contribution in [-0.2, 0) is 0 Å². The Hall–Kier alpha value is -2.15. The second-order valence-electron chi connectivity index (χ2n) is 5.89. The number of nitro benzene ring substituents is 1. The first kappa shape index (κ1) is 16.2. The number of rotatable bonds is 5. The highest BCUT2D eigenvalue weighted by Gasteiger charge is 2.27. The van der Waals surface area contributed by atoms with E-state index in [1.54, 1.807) is 0 Å². The first-order valence-corrected chi connectivity index (χ1v) is 7.26. The summed E-state index contributed by atoms with van der Waals surface area (Å²) in [7, 11) is 1.36. The van der Waals surface area contributed by atoms with E-state index in [0.29, 0.717) is 6.54 Å². The molecule has 1 aliphatic rings. The second kappa shape index (κ2) is 6.74. The van der Waals surface area contributed by atoms with Crippen LogP contribution in [0, 0.1) is 15.5 Å². The average molecular weight is 307 g/mol. The zero-order valence-corrected chi connectivity index (χ0v) is 12.8. The molecule has 0 bridgehead atoms. The number of nitrogens with one attached hydrogen (secondary N) is 2. The Morgan fingerprint density at radius 2 is 2.14 bits per heavy atom. The highest BCUT2D eigenvalue weighted by molar-refractivity contribution is 5.95. The summed E-state index contributed by atoms with van der Waals surface area (Å²) in [5.74, 6) is -0.155.